The second-order valence-electron chi connectivity index (χ2n) is 3.78. The summed E-state index contributed by atoms with van der Waals surface area (Å²) >= 11 is 5.12. The molecule has 1 aromatic heterocycles. The molecule has 0 aliphatic heterocycles. The topological polar surface area (TPSA) is 12.0 Å². The molecule has 0 saturated heterocycles. The van der Waals surface area contributed by atoms with Crippen molar-refractivity contribution in [1.82, 2.24) is 5.32 Å². The molecule has 2 rings (SSSR count). The molecule has 4 heteroatoms. The standard InChI is InChI=1S/C13H13BrFNS/c1-16-11(12-6-7-13(14)17-12)8-9-4-2-3-5-10(9)15/h2-7,11,16H,8H2,1H3. The highest BCUT2D eigenvalue weighted by atomic mass is 79.9. The number of hydrogen-bond acceptors (Lipinski definition) is 2. The van der Waals surface area contributed by atoms with Gasteiger partial charge < -0.3 is 5.32 Å². The molecule has 1 atom stereocenters. The normalized spacial score (nSPS) is 12.6. The van der Waals surface area contributed by atoms with Crippen LogP contribution in [0.5, 0.6) is 0 Å². The van der Waals surface area contributed by atoms with E-state index in [9.17, 15) is 4.39 Å². The molecule has 0 fully saturated rings. The Morgan fingerprint density at radius 2 is 2.06 bits per heavy atom. The molecule has 0 aliphatic rings. The number of nitrogens with one attached hydrogen (secondary N) is 1. The molecule has 2 aromatic rings. The summed E-state index contributed by atoms with van der Waals surface area (Å²) in [5.74, 6) is -0.136. The summed E-state index contributed by atoms with van der Waals surface area (Å²) < 4.78 is 14.7. The first kappa shape index (κ1) is 12.7. The number of halogens is 2. The molecule has 0 amide bonds. The zero-order chi connectivity index (χ0) is 12.3. The van der Waals surface area contributed by atoms with E-state index in [1.807, 2.05) is 25.2 Å². The molecule has 90 valence electrons. The lowest BCUT2D eigenvalue weighted by Gasteiger charge is -2.14. The van der Waals surface area contributed by atoms with Crippen LogP contribution in [-0.4, -0.2) is 7.05 Å². The van der Waals surface area contributed by atoms with E-state index in [4.69, 9.17) is 0 Å². The van der Waals surface area contributed by atoms with Gasteiger partial charge in [-0.1, -0.05) is 18.2 Å². The van der Waals surface area contributed by atoms with E-state index in [0.29, 0.717) is 6.42 Å². The predicted octanol–water partition coefficient (Wildman–Crippen LogP) is 4.15. The zero-order valence-corrected chi connectivity index (χ0v) is 11.8. The van der Waals surface area contributed by atoms with Gasteiger partial charge in [-0.25, -0.2) is 4.39 Å². The summed E-state index contributed by atoms with van der Waals surface area (Å²) in [5.41, 5.74) is 0.747. The van der Waals surface area contributed by atoms with Crippen LogP contribution in [0.2, 0.25) is 0 Å². The molecule has 17 heavy (non-hydrogen) atoms. The molecule has 1 nitrogen and oxygen atoms in total. The number of thiophene rings is 1. The van der Waals surface area contributed by atoms with Crippen molar-refractivity contribution in [2.45, 2.75) is 12.5 Å². The van der Waals surface area contributed by atoms with Gasteiger partial charge in [-0.05, 0) is 53.2 Å². The highest BCUT2D eigenvalue weighted by Gasteiger charge is 2.14. The third-order valence-electron chi connectivity index (χ3n) is 2.67. The van der Waals surface area contributed by atoms with Crippen molar-refractivity contribution in [2.75, 3.05) is 7.05 Å². The fourth-order valence-electron chi connectivity index (χ4n) is 1.74. The van der Waals surface area contributed by atoms with E-state index in [-0.39, 0.29) is 11.9 Å². The Balaban J connectivity index is 2.18. The van der Waals surface area contributed by atoms with Crippen LogP contribution in [0.15, 0.2) is 40.2 Å². The minimum atomic E-state index is -0.136. The van der Waals surface area contributed by atoms with E-state index in [1.54, 1.807) is 17.4 Å². The van der Waals surface area contributed by atoms with Crippen LogP contribution in [-0.2, 0) is 6.42 Å². The van der Waals surface area contributed by atoms with Crippen LogP contribution >= 0.6 is 27.3 Å². The van der Waals surface area contributed by atoms with Gasteiger partial charge in [0.25, 0.3) is 0 Å². The van der Waals surface area contributed by atoms with Crippen LogP contribution in [0.1, 0.15) is 16.5 Å². The van der Waals surface area contributed by atoms with Crippen LogP contribution in [0.25, 0.3) is 0 Å². The molecular formula is C13H13BrFNS. The second kappa shape index (κ2) is 5.76. The summed E-state index contributed by atoms with van der Waals surface area (Å²) in [7, 11) is 1.90. The average Bonchev–Trinajstić information content (AvgIpc) is 2.75. The Morgan fingerprint density at radius 1 is 1.29 bits per heavy atom. The molecule has 0 radical (unpaired) electrons. The summed E-state index contributed by atoms with van der Waals surface area (Å²) in [5, 5.41) is 3.23. The monoisotopic (exact) mass is 313 g/mol. The van der Waals surface area contributed by atoms with Crippen LogP contribution in [0, 0.1) is 5.82 Å². The van der Waals surface area contributed by atoms with Crippen molar-refractivity contribution >= 4 is 27.3 Å². The molecular weight excluding hydrogens is 301 g/mol. The number of hydrogen-bond donors (Lipinski definition) is 1. The third-order valence-corrected chi connectivity index (χ3v) is 4.41. The van der Waals surface area contributed by atoms with Gasteiger partial charge in [0.2, 0.25) is 0 Å². The maximum Gasteiger partial charge on any atom is 0.126 e. The zero-order valence-electron chi connectivity index (χ0n) is 9.41. The Labute approximate surface area is 113 Å². The van der Waals surface area contributed by atoms with Crippen molar-refractivity contribution in [2.24, 2.45) is 0 Å². The first-order chi connectivity index (χ1) is 8.20. The molecule has 1 aromatic carbocycles. The van der Waals surface area contributed by atoms with Gasteiger partial charge in [0.15, 0.2) is 0 Å². The Hall–Kier alpha value is -0.710. The molecule has 0 saturated carbocycles. The largest absolute Gasteiger partial charge is 0.312 e. The van der Waals surface area contributed by atoms with E-state index < -0.39 is 0 Å². The van der Waals surface area contributed by atoms with Crippen molar-refractivity contribution in [3.63, 3.8) is 0 Å². The quantitative estimate of drug-likeness (QED) is 0.894. The lowest BCUT2D eigenvalue weighted by molar-refractivity contribution is 0.560. The molecule has 0 aliphatic carbocycles. The highest BCUT2D eigenvalue weighted by molar-refractivity contribution is 9.11. The summed E-state index contributed by atoms with van der Waals surface area (Å²) in [4.78, 5) is 1.21. The van der Waals surface area contributed by atoms with Crippen molar-refractivity contribution in [3.8, 4) is 0 Å². The van der Waals surface area contributed by atoms with Gasteiger partial charge in [0, 0.05) is 10.9 Å². The van der Waals surface area contributed by atoms with Crippen LogP contribution in [0.4, 0.5) is 4.39 Å². The predicted molar refractivity (Wildman–Crippen MR) is 73.9 cm³/mol. The van der Waals surface area contributed by atoms with Gasteiger partial charge in [0.1, 0.15) is 5.82 Å². The molecule has 1 unspecified atom stereocenters. The minimum absolute atomic E-state index is 0.136. The average molecular weight is 314 g/mol. The van der Waals surface area contributed by atoms with Gasteiger partial charge in [-0.3, -0.25) is 0 Å². The Kier molecular flexibility index (Phi) is 4.31. The first-order valence-electron chi connectivity index (χ1n) is 5.36. The van der Waals surface area contributed by atoms with E-state index in [0.717, 1.165) is 9.35 Å². The Bertz CT molecular complexity index is 498. The van der Waals surface area contributed by atoms with Gasteiger partial charge in [-0.15, -0.1) is 11.3 Å². The van der Waals surface area contributed by atoms with E-state index in [2.05, 4.69) is 27.3 Å². The highest BCUT2D eigenvalue weighted by Crippen LogP contribution is 2.29. The molecule has 0 spiro atoms. The minimum Gasteiger partial charge on any atom is -0.312 e. The fraction of sp³-hybridized carbons (Fsp3) is 0.231. The Morgan fingerprint density at radius 3 is 2.65 bits per heavy atom. The number of benzene rings is 1. The number of rotatable bonds is 4. The van der Waals surface area contributed by atoms with Crippen molar-refractivity contribution in [3.05, 3.63) is 56.4 Å². The van der Waals surface area contributed by atoms with Gasteiger partial charge in [-0.2, -0.15) is 0 Å². The number of likely N-dealkylation sites (N-methyl/N-ethyl adjacent to an activating group) is 1. The molecule has 0 bridgehead atoms. The maximum atomic E-state index is 13.6. The van der Waals surface area contributed by atoms with Gasteiger partial charge >= 0.3 is 0 Å². The molecule has 1 heterocycles. The SMILES string of the molecule is CNC(Cc1ccccc1F)c1ccc(Br)s1. The first-order valence-corrected chi connectivity index (χ1v) is 6.97. The third kappa shape index (κ3) is 3.15. The smallest absolute Gasteiger partial charge is 0.126 e. The van der Waals surface area contributed by atoms with Gasteiger partial charge in [0.05, 0.1) is 3.79 Å². The van der Waals surface area contributed by atoms with E-state index >= 15 is 0 Å². The van der Waals surface area contributed by atoms with Crippen LogP contribution < -0.4 is 5.32 Å². The van der Waals surface area contributed by atoms with E-state index in [1.165, 1.54) is 10.9 Å². The maximum absolute atomic E-state index is 13.6. The van der Waals surface area contributed by atoms with Crippen LogP contribution in [0.3, 0.4) is 0 Å². The summed E-state index contributed by atoms with van der Waals surface area (Å²) in [6.45, 7) is 0. The fourth-order valence-corrected chi connectivity index (χ4v) is 3.28. The lowest BCUT2D eigenvalue weighted by Crippen LogP contribution is -2.18. The second-order valence-corrected chi connectivity index (χ2v) is 6.27. The summed E-state index contributed by atoms with van der Waals surface area (Å²) in [6.07, 6.45) is 0.663. The summed E-state index contributed by atoms with van der Waals surface area (Å²) in [6, 6.07) is 11.2. The van der Waals surface area contributed by atoms with Crippen molar-refractivity contribution in [1.29, 1.82) is 0 Å². The van der Waals surface area contributed by atoms with Crippen molar-refractivity contribution < 1.29 is 4.39 Å². The lowest BCUT2D eigenvalue weighted by atomic mass is 10.0. The molecule has 1 N–H and O–H groups in total.